The van der Waals surface area contributed by atoms with Crippen molar-refractivity contribution >= 4 is 23.8 Å². The fraction of sp³-hybridized carbons (Fsp3) is 0.600. The molecule has 1 rings (SSSR count). The van der Waals surface area contributed by atoms with E-state index in [0.717, 1.165) is 0 Å². The van der Waals surface area contributed by atoms with Gasteiger partial charge in [-0.2, -0.15) is 0 Å². The second-order valence-electron chi connectivity index (χ2n) is 3.90. The van der Waals surface area contributed by atoms with Crippen molar-refractivity contribution in [3.63, 3.8) is 0 Å². The van der Waals surface area contributed by atoms with Crippen LogP contribution in [0.2, 0.25) is 0 Å². The number of nitrogens with two attached hydrogens (primary N) is 2. The highest BCUT2D eigenvalue weighted by molar-refractivity contribution is 5.97. The first kappa shape index (κ1) is 15.9. The zero-order valence-electron chi connectivity index (χ0n) is 10.6. The van der Waals surface area contributed by atoms with E-state index >= 15 is 0 Å². The number of piperazine rings is 1. The highest BCUT2D eigenvalue weighted by atomic mass is 16.5. The summed E-state index contributed by atoms with van der Waals surface area (Å²) >= 11 is 0. The van der Waals surface area contributed by atoms with Gasteiger partial charge in [0.05, 0.1) is 13.1 Å². The van der Waals surface area contributed by atoms with Gasteiger partial charge in [0, 0.05) is 0 Å². The Balaban J connectivity index is 2.45. The number of rotatable bonds is 6. The van der Waals surface area contributed by atoms with Crippen molar-refractivity contribution in [3.05, 3.63) is 0 Å². The van der Waals surface area contributed by atoms with Crippen molar-refractivity contribution in [3.8, 4) is 0 Å². The van der Waals surface area contributed by atoms with Crippen LogP contribution in [0.1, 0.15) is 0 Å². The lowest BCUT2D eigenvalue weighted by atomic mass is 10.1. The van der Waals surface area contributed by atoms with E-state index in [0.29, 0.717) is 0 Å². The molecule has 20 heavy (non-hydrogen) atoms. The summed E-state index contributed by atoms with van der Waals surface area (Å²) in [6.45, 7) is -1.27. The van der Waals surface area contributed by atoms with Crippen LogP contribution in [0, 0.1) is 0 Å². The standard InChI is InChI=1S/C10H16N4O6/c11-1-7(15)19-3-5-9(17)14-6(10(18)13-5)4-20-8(16)2-12/h5-6H,1-4,11-12H2,(H,13,18)(H,14,17)/t5-,6-/m1/s1. The molecule has 1 heterocycles. The van der Waals surface area contributed by atoms with Gasteiger partial charge in [0.25, 0.3) is 0 Å². The average molecular weight is 288 g/mol. The number of carbonyl (C=O) groups excluding carboxylic acids is 4. The number of esters is 2. The van der Waals surface area contributed by atoms with Gasteiger partial charge in [0.15, 0.2) is 0 Å². The molecule has 0 bridgehead atoms. The van der Waals surface area contributed by atoms with Crippen LogP contribution in [0.5, 0.6) is 0 Å². The number of amides is 2. The van der Waals surface area contributed by atoms with E-state index in [1.54, 1.807) is 0 Å². The minimum atomic E-state index is -1.00. The molecule has 1 aliphatic heterocycles. The number of hydrogen-bond acceptors (Lipinski definition) is 8. The zero-order chi connectivity index (χ0) is 15.1. The monoisotopic (exact) mass is 288 g/mol. The van der Waals surface area contributed by atoms with Gasteiger partial charge in [-0.05, 0) is 0 Å². The molecule has 2 atom stereocenters. The van der Waals surface area contributed by atoms with Crippen molar-refractivity contribution in [1.82, 2.24) is 10.6 Å². The zero-order valence-corrected chi connectivity index (χ0v) is 10.6. The Morgan fingerprint density at radius 3 is 1.55 bits per heavy atom. The van der Waals surface area contributed by atoms with Gasteiger partial charge in [-0.15, -0.1) is 0 Å². The SMILES string of the molecule is NCC(=O)OC[C@H]1NC(=O)[C@@H](COC(=O)CN)NC1=O. The minimum Gasteiger partial charge on any atom is -0.462 e. The van der Waals surface area contributed by atoms with Crippen molar-refractivity contribution in [2.24, 2.45) is 11.5 Å². The van der Waals surface area contributed by atoms with Crippen LogP contribution in [0.15, 0.2) is 0 Å². The Hall–Kier alpha value is -2.20. The van der Waals surface area contributed by atoms with Crippen LogP contribution in [-0.4, -0.2) is 62.1 Å². The lowest BCUT2D eigenvalue weighted by molar-refractivity contribution is -0.150. The van der Waals surface area contributed by atoms with Crippen LogP contribution >= 0.6 is 0 Å². The second kappa shape index (κ2) is 7.40. The highest BCUT2D eigenvalue weighted by Crippen LogP contribution is 1.99. The van der Waals surface area contributed by atoms with Gasteiger partial charge >= 0.3 is 11.9 Å². The molecule has 1 fully saturated rings. The Morgan fingerprint density at radius 1 is 0.900 bits per heavy atom. The summed E-state index contributed by atoms with van der Waals surface area (Å²) in [7, 11) is 0. The highest BCUT2D eigenvalue weighted by Gasteiger charge is 2.34. The third-order valence-corrected chi connectivity index (χ3v) is 2.42. The van der Waals surface area contributed by atoms with E-state index in [4.69, 9.17) is 11.5 Å². The molecule has 6 N–H and O–H groups in total. The quantitative estimate of drug-likeness (QED) is 0.359. The number of nitrogens with one attached hydrogen (secondary N) is 2. The Kier molecular flexibility index (Phi) is 5.87. The topological polar surface area (TPSA) is 163 Å². The maximum absolute atomic E-state index is 11.7. The molecule has 1 saturated heterocycles. The predicted octanol–water partition coefficient (Wildman–Crippen LogP) is -4.03. The van der Waals surface area contributed by atoms with E-state index < -0.39 is 35.8 Å². The van der Waals surface area contributed by atoms with Crippen molar-refractivity contribution in [2.45, 2.75) is 12.1 Å². The second-order valence-corrected chi connectivity index (χ2v) is 3.90. The molecule has 0 unspecified atom stereocenters. The molecule has 0 aromatic rings. The van der Waals surface area contributed by atoms with E-state index in [1.165, 1.54) is 0 Å². The molecule has 0 saturated carbocycles. The third-order valence-electron chi connectivity index (χ3n) is 2.42. The number of hydrogen-bond donors (Lipinski definition) is 4. The predicted molar refractivity (Wildman–Crippen MR) is 63.9 cm³/mol. The summed E-state index contributed by atoms with van der Waals surface area (Å²) in [6.07, 6.45) is 0. The van der Waals surface area contributed by atoms with Crippen LogP contribution in [-0.2, 0) is 28.7 Å². The molecule has 10 heteroatoms. The normalized spacial score (nSPS) is 21.7. The van der Waals surface area contributed by atoms with Crippen LogP contribution in [0.3, 0.4) is 0 Å². The number of carbonyl (C=O) groups is 4. The summed E-state index contributed by atoms with van der Waals surface area (Å²) in [5, 5.41) is 4.69. The Morgan fingerprint density at radius 2 is 1.25 bits per heavy atom. The van der Waals surface area contributed by atoms with Gasteiger partial charge < -0.3 is 31.6 Å². The Labute approximate surface area is 114 Å². The van der Waals surface area contributed by atoms with E-state index in [9.17, 15) is 19.2 Å². The first-order chi connectivity index (χ1) is 9.47. The molecule has 0 spiro atoms. The maximum atomic E-state index is 11.7. The van der Waals surface area contributed by atoms with Gasteiger partial charge in [0.1, 0.15) is 25.3 Å². The van der Waals surface area contributed by atoms with Gasteiger partial charge in [-0.1, -0.05) is 0 Å². The largest absolute Gasteiger partial charge is 0.462 e. The van der Waals surface area contributed by atoms with Crippen molar-refractivity contribution < 1.29 is 28.7 Å². The molecular weight excluding hydrogens is 272 g/mol. The van der Waals surface area contributed by atoms with Gasteiger partial charge in [-0.25, -0.2) is 0 Å². The molecule has 2 amide bonds. The fourth-order valence-corrected chi connectivity index (χ4v) is 1.38. The smallest absolute Gasteiger partial charge is 0.319 e. The Bertz CT molecular complexity index is 375. The van der Waals surface area contributed by atoms with Gasteiger partial charge in [0.2, 0.25) is 11.8 Å². The third kappa shape index (κ3) is 4.48. The van der Waals surface area contributed by atoms with Crippen molar-refractivity contribution in [2.75, 3.05) is 26.3 Å². The van der Waals surface area contributed by atoms with E-state index in [2.05, 4.69) is 20.1 Å². The number of ether oxygens (including phenoxy) is 2. The molecule has 10 nitrogen and oxygen atoms in total. The summed E-state index contributed by atoms with van der Waals surface area (Å²) in [5.74, 6) is -2.48. The maximum Gasteiger partial charge on any atom is 0.319 e. The van der Waals surface area contributed by atoms with Crippen LogP contribution in [0.25, 0.3) is 0 Å². The van der Waals surface area contributed by atoms with Crippen molar-refractivity contribution in [1.29, 1.82) is 0 Å². The summed E-state index contributed by atoms with van der Waals surface area (Å²) in [6, 6.07) is -2.00. The lowest BCUT2D eigenvalue weighted by Crippen LogP contribution is -2.64. The molecule has 112 valence electrons. The molecule has 0 aromatic heterocycles. The molecule has 0 radical (unpaired) electrons. The molecular formula is C10H16N4O6. The average Bonchev–Trinajstić information content (AvgIpc) is 2.45. The summed E-state index contributed by atoms with van der Waals surface area (Å²) in [4.78, 5) is 45.0. The van der Waals surface area contributed by atoms with Gasteiger partial charge in [-0.3, -0.25) is 19.2 Å². The van der Waals surface area contributed by atoms with Crippen LogP contribution < -0.4 is 22.1 Å². The minimum absolute atomic E-state index is 0.317. The first-order valence-corrected chi connectivity index (χ1v) is 5.80. The van der Waals surface area contributed by atoms with Crippen LogP contribution in [0.4, 0.5) is 0 Å². The molecule has 0 aromatic carbocycles. The summed E-state index contributed by atoms with van der Waals surface area (Å²) < 4.78 is 9.32. The summed E-state index contributed by atoms with van der Waals surface area (Å²) in [5.41, 5.74) is 10.1. The lowest BCUT2D eigenvalue weighted by Gasteiger charge is -2.28. The van der Waals surface area contributed by atoms with E-state index in [-0.39, 0.29) is 26.3 Å². The fourth-order valence-electron chi connectivity index (χ4n) is 1.38. The molecule has 0 aliphatic carbocycles. The van der Waals surface area contributed by atoms with E-state index in [1.807, 2.05) is 0 Å². The molecule has 1 aliphatic rings. The first-order valence-electron chi connectivity index (χ1n) is 5.80.